The highest BCUT2D eigenvalue weighted by Crippen LogP contribution is 2.28. The van der Waals surface area contributed by atoms with Gasteiger partial charge in [-0.2, -0.15) is 5.10 Å². The van der Waals surface area contributed by atoms with E-state index < -0.39 is 0 Å². The van der Waals surface area contributed by atoms with Crippen molar-refractivity contribution in [1.29, 1.82) is 0 Å². The summed E-state index contributed by atoms with van der Waals surface area (Å²) in [5.74, 6) is 1.33. The Kier molecular flexibility index (Phi) is 6.53. The van der Waals surface area contributed by atoms with E-state index in [1.807, 2.05) is 28.8 Å². The molecule has 1 N–H and O–H groups in total. The van der Waals surface area contributed by atoms with Crippen LogP contribution in [0, 0.1) is 0 Å². The lowest BCUT2D eigenvalue weighted by molar-refractivity contribution is 0.0951. The summed E-state index contributed by atoms with van der Waals surface area (Å²) in [4.78, 5) is 17.5. The quantitative estimate of drug-likeness (QED) is 0.617. The van der Waals surface area contributed by atoms with E-state index in [4.69, 9.17) is 14.6 Å². The van der Waals surface area contributed by atoms with E-state index >= 15 is 0 Å². The van der Waals surface area contributed by atoms with Crippen LogP contribution in [-0.4, -0.2) is 41.3 Å². The highest BCUT2D eigenvalue weighted by atomic mass is 16.5. The number of aromatic nitrogens is 3. The second-order valence-corrected chi connectivity index (χ2v) is 8.96. The van der Waals surface area contributed by atoms with Crippen LogP contribution in [0.5, 0.6) is 11.5 Å². The lowest BCUT2D eigenvalue weighted by atomic mass is 9.93. The molecule has 0 aliphatic carbocycles. The first kappa shape index (κ1) is 22.6. The van der Waals surface area contributed by atoms with Crippen LogP contribution < -0.4 is 14.8 Å². The zero-order valence-corrected chi connectivity index (χ0v) is 19.4. The zero-order chi connectivity index (χ0) is 22.8. The van der Waals surface area contributed by atoms with Gasteiger partial charge in [-0.25, -0.2) is 9.50 Å². The first-order chi connectivity index (χ1) is 14.7. The number of amides is 1. The van der Waals surface area contributed by atoms with Gasteiger partial charge >= 0.3 is 0 Å². The Bertz CT molecular complexity index is 1080. The predicted molar refractivity (Wildman–Crippen MR) is 121 cm³/mol. The van der Waals surface area contributed by atoms with Gasteiger partial charge in [-0.3, -0.25) is 4.79 Å². The highest BCUT2D eigenvalue weighted by Gasteiger charge is 2.23. The Balaban J connectivity index is 1.80. The molecule has 3 rings (SSSR count). The second-order valence-electron chi connectivity index (χ2n) is 8.96. The number of fused-ring (bicyclic) bond motifs is 1. The van der Waals surface area contributed by atoms with Gasteiger partial charge in [-0.15, -0.1) is 0 Å². The largest absolute Gasteiger partial charge is 0.493 e. The molecule has 31 heavy (non-hydrogen) atoms. The molecule has 7 nitrogen and oxygen atoms in total. The van der Waals surface area contributed by atoms with E-state index in [-0.39, 0.29) is 17.2 Å². The lowest BCUT2D eigenvalue weighted by Gasteiger charge is -2.15. The molecule has 1 aromatic carbocycles. The van der Waals surface area contributed by atoms with Crippen LogP contribution in [0.2, 0.25) is 0 Å². The van der Waals surface area contributed by atoms with Crippen LogP contribution in [-0.2, 0) is 11.8 Å². The number of nitrogens with zero attached hydrogens (tertiary/aromatic N) is 3. The van der Waals surface area contributed by atoms with Gasteiger partial charge in [-0.05, 0) is 30.0 Å². The minimum absolute atomic E-state index is 0.0935. The summed E-state index contributed by atoms with van der Waals surface area (Å²) in [5, 5.41) is 7.78. The highest BCUT2D eigenvalue weighted by molar-refractivity contribution is 5.95. The third kappa shape index (κ3) is 4.81. The Hall–Kier alpha value is -3.09. The average Bonchev–Trinajstić information content (AvgIpc) is 3.17. The molecular weight excluding hydrogens is 392 g/mol. The second kappa shape index (κ2) is 8.96. The van der Waals surface area contributed by atoms with Crippen LogP contribution >= 0.6 is 0 Å². The average molecular weight is 425 g/mol. The van der Waals surface area contributed by atoms with Gasteiger partial charge in [0.05, 0.1) is 31.2 Å². The summed E-state index contributed by atoms with van der Waals surface area (Å²) in [6.45, 7) is 11.0. The van der Waals surface area contributed by atoms with Gasteiger partial charge in [0.1, 0.15) is 0 Å². The van der Waals surface area contributed by atoms with Crippen LogP contribution in [0.4, 0.5) is 0 Å². The third-order valence-electron chi connectivity index (χ3n) is 5.23. The maximum absolute atomic E-state index is 13.0. The van der Waals surface area contributed by atoms with Crippen molar-refractivity contribution in [2.75, 3.05) is 20.8 Å². The maximum Gasteiger partial charge on any atom is 0.254 e. The summed E-state index contributed by atoms with van der Waals surface area (Å²) in [7, 11) is 3.22. The third-order valence-corrected chi connectivity index (χ3v) is 5.23. The number of hydrogen-bond donors (Lipinski definition) is 1. The van der Waals surface area contributed by atoms with E-state index in [9.17, 15) is 4.79 Å². The number of nitrogens with one attached hydrogen (secondary N) is 1. The van der Waals surface area contributed by atoms with E-state index in [1.165, 1.54) is 0 Å². The smallest absolute Gasteiger partial charge is 0.254 e. The van der Waals surface area contributed by atoms with Crippen LogP contribution in [0.1, 0.15) is 67.8 Å². The van der Waals surface area contributed by atoms with Crippen LogP contribution in [0.3, 0.4) is 0 Å². The molecule has 2 aromatic heterocycles. The van der Waals surface area contributed by atoms with Crippen molar-refractivity contribution in [3.63, 3.8) is 0 Å². The first-order valence-electron chi connectivity index (χ1n) is 10.5. The number of carbonyl (C=O) groups excluding carboxylic acids is 1. The summed E-state index contributed by atoms with van der Waals surface area (Å²) < 4.78 is 12.4. The monoisotopic (exact) mass is 424 g/mol. The summed E-state index contributed by atoms with van der Waals surface area (Å²) >= 11 is 0. The van der Waals surface area contributed by atoms with Crippen molar-refractivity contribution in [2.24, 2.45) is 0 Å². The normalized spacial score (nSPS) is 11.7. The fraction of sp³-hybridized carbons (Fsp3) is 0.458. The minimum atomic E-state index is -0.147. The topological polar surface area (TPSA) is 77.8 Å². The zero-order valence-electron chi connectivity index (χ0n) is 19.4. The Labute approximate surface area is 183 Å². The molecule has 0 saturated heterocycles. The van der Waals surface area contributed by atoms with E-state index in [0.717, 1.165) is 22.6 Å². The number of ether oxygens (including phenoxy) is 2. The molecule has 3 aromatic rings. The van der Waals surface area contributed by atoms with E-state index in [1.54, 1.807) is 20.4 Å². The van der Waals surface area contributed by atoms with E-state index in [0.29, 0.717) is 30.0 Å². The number of carbonyl (C=O) groups is 1. The molecule has 0 atom stereocenters. The molecule has 0 unspecified atom stereocenters. The fourth-order valence-corrected chi connectivity index (χ4v) is 3.50. The summed E-state index contributed by atoms with van der Waals surface area (Å²) in [6, 6.07) is 7.76. The van der Waals surface area contributed by atoms with Crippen LogP contribution in [0.15, 0.2) is 30.5 Å². The van der Waals surface area contributed by atoms with Crippen molar-refractivity contribution in [3.8, 4) is 11.5 Å². The molecule has 0 aliphatic rings. The number of benzene rings is 1. The van der Waals surface area contributed by atoms with E-state index in [2.05, 4.69) is 44.9 Å². The number of rotatable bonds is 7. The van der Waals surface area contributed by atoms with Gasteiger partial charge in [0.2, 0.25) is 0 Å². The van der Waals surface area contributed by atoms with Crippen molar-refractivity contribution in [2.45, 2.75) is 52.4 Å². The van der Waals surface area contributed by atoms with Gasteiger partial charge < -0.3 is 14.8 Å². The molecule has 0 spiro atoms. The Morgan fingerprint density at radius 1 is 1.13 bits per heavy atom. The van der Waals surface area contributed by atoms with Crippen molar-refractivity contribution >= 4 is 11.6 Å². The molecule has 1 amide bonds. The molecule has 0 fully saturated rings. The molecule has 0 saturated carbocycles. The van der Waals surface area contributed by atoms with Crippen molar-refractivity contribution in [1.82, 2.24) is 19.9 Å². The molecular formula is C24H32N4O3. The van der Waals surface area contributed by atoms with Gasteiger partial charge in [0, 0.05) is 24.2 Å². The standard InChI is InChI=1S/C24H32N4O3/c1-15(2)22-17(14-26-21-13-20(24(3,4)5)27-28(21)22)23(29)25-11-10-16-8-9-18(30-6)19(12-16)31-7/h8-9,12-15H,10-11H2,1-7H3,(H,25,29). The first-order valence-corrected chi connectivity index (χ1v) is 10.5. The van der Waals surface area contributed by atoms with Gasteiger partial charge in [-0.1, -0.05) is 40.7 Å². The van der Waals surface area contributed by atoms with Crippen molar-refractivity contribution < 1.29 is 14.3 Å². The molecule has 0 aliphatic heterocycles. The fourth-order valence-electron chi connectivity index (χ4n) is 3.50. The lowest BCUT2D eigenvalue weighted by Crippen LogP contribution is -2.28. The summed E-state index contributed by atoms with van der Waals surface area (Å²) in [6.07, 6.45) is 2.33. The SMILES string of the molecule is COc1ccc(CCNC(=O)c2cnc3cc(C(C)(C)C)nn3c2C(C)C)cc1OC. The molecule has 166 valence electrons. The minimum Gasteiger partial charge on any atom is -0.493 e. The number of hydrogen-bond acceptors (Lipinski definition) is 5. The predicted octanol–water partition coefficient (Wildman–Crippen LogP) is 4.14. The van der Waals surface area contributed by atoms with Crippen molar-refractivity contribution in [3.05, 3.63) is 53.0 Å². The van der Waals surface area contributed by atoms with Crippen LogP contribution in [0.25, 0.3) is 5.65 Å². The molecule has 2 heterocycles. The molecule has 0 bridgehead atoms. The number of methoxy groups -OCH3 is 2. The summed E-state index contributed by atoms with van der Waals surface area (Å²) in [5.41, 5.74) is 4.09. The molecule has 0 radical (unpaired) electrons. The van der Waals surface area contributed by atoms with Gasteiger partial charge in [0.25, 0.3) is 5.91 Å². The maximum atomic E-state index is 13.0. The van der Waals surface area contributed by atoms with Gasteiger partial charge in [0.15, 0.2) is 17.1 Å². The Morgan fingerprint density at radius 3 is 2.45 bits per heavy atom. The Morgan fingerprint density at radius 2 is 1.84 bits per heavy atom. The molecule has 7 heteroatoms.